The van der Waals surface area contributed by atoms with Gasteiger partial charge in [-0.3, -0.25) is 0 Å². The van der Waals surface area contributed by atoms with E-state index in [1.807, 2.05) is 0 Å². The molecule has 0 radical (unpaired) electrons. The molecule has 0 aliphatic carbocycles. The molecule has 2 N–H and O–H groups in total. The first kappa shape index (κ1) is 16.6. The largest absolute Gasteiger partial charge is 0.479 e. The molecule has 0 aliphatic rings. The number of hydrogen-bond donors (Lipinski definition) is 2. The second kappa shape index (κ2) is 7.01. The summed E-state index contributed by atoms with van der Waals surface area (Å²) in [6.45, 7) is 0. The van der Waals surface area contributed by atoms with E-state index in [-0.39, 0.29) is 0 Å². The van der Waals surface area contributed by atoms with E-state index in [2.05, 4.69) is 37.2 Å². The van der Waals surface area contributed by atoms with Crippen LogP contribution in [0.4, 0.5) is 5.69 Å². The van der Waals surface area contributed by atoms with E-state index in [4.69, 9.17) is 23.2 Å². The fourth-order valence-electron chi connectivity index (χ4n) is 1.76. The van der Waals surface area contributed by atoms with E-state index in [1.54, 1.807) is 36.4 Å². The Balaban J connectivity index is 2.35. The summed E-state index contributed by atoms with van der Waals surface area (Å²) in [5, 5.41) is 13.5. The van der Waals surface area contributed by atoms with Gasteiger partial charge in [0.05, 0.1) is 5.02 Å². The van der Waals surface area contributed by atoms with Crippen LogP contribution in [0.5, 0.6) is 0 Å². The van der Waals surface area contributed by atoms with Gasteiger partial charge in [0.25, 0.3) is 0 Å². The Hall–Kier alpha value is -0.750. The van der Waals surface area contributed by atoms with Gasteiger partial charge in [-0.05, 0) is 51.8 Å². The average Bonchev–Trinajstić information content (AvgIpc) is 2.40. The molecular formula is C14H9Br2Cl2NO2. The summed E-state index contributed by atoms with van der Waals surface area (Å²) in [4.78, 5) is 11.5. The van der Waals surface area contributed by atoms with E-state index in [0.29, 0.717) is 30.2 Å². The lowest BCUT2D eigenvalue weighted by Gasteiger charge is -2.18. The highest BCUT2D eigenvalue weighted by molar-refractivity contribution is 9.10. The molecule has 0 spiro atoms. The second-order valence-electron chi connectivity index (χ2n) is 4.21. The Kier molecular flexibility index (Phi) is 5.54. The van der Waals surface area contributed by atoms with Gasteiger partial charge < -0.3 is 10.4 Å². The minimum absolute atomic E-state index is 0.531. The molecule has 2 aromatic rings. The number of aliphatic carboxylic acids is 1. The van der Waals surface area contributed by atoms with Crippen LogP contribution in [0.1, 0.15) is 11.6 Å². The molecule has 0 saturated heterocycles. The lowest BCUT2D eigenvalue weighted by molar-refractivity contribution is -0.138. The highest BCUT2D eigenvalue weighted by Gasteiger charge is 2.22. The molecule has 0 amide bonds. The standard InChI is InChI=1S/C14H9Br2Cl2NO2/c15-10-5-7(17)1-3-9(10)13(14(20)21)19-8-2-4-12(18)11(16)6-8/h1-6,13,19H,(H,20,21). The van der Waals surface area contributed by atoms with Crippen molar-refractivity contribution in [1.29, 1.82) is 0 Å². The van der Waals surface area contributed by atoms with Gasteiger partial charge in [0.1, 0.15) is 0 Å². The summed E-state index contributed by atoms with van der Waals surface area (Å²) in [5.41, 5.74) is 1.22. The van der Waals surface area contributed by atoms with E-state index < -0.39 is 12.0 Å². The smallest absolute Gasteiger partial charge is 0.330 e. The van der Waals surface area contributed by atoms with Gasteiger partial charge in [-0.15, -0.1) is 0 Å². The Bertz CT molecular complexity index is 695. The van der Waals surface area contributed by atoms with Crippen molar-refractivity contribution in [1.82, 2.24) is 0 Å². The molecule has 2 aromatic carbocycles. The molecule has 1 atom stereocenters. The quantitative estimate of drug-likeness (QED) is 0.619. The van der Waals surface area contributed by atoms with Crippen LogP contribution in [-0.4, -0.2) is 11.1 Å². The van der Waals surface area contributed by atoms with Crippen molar-refractivity contribution in [2.24, 2.45) is 0 Å². The zero-order valence-electron chi connectivity index (χ0n) is 10.4. The van der Waals surface area contributed by atoms with Crippen molar-refractivity contribution in [3.63, 3.8) is 0 Å². The zero-order chi connectivity index (χ0) is 15.6. The second-order valence-corrected chi connectivity index (χ2v) is 6.76. The predicted octanol–water partition coefficient (Wildman–Crippen LogP) is 5.76. The third kappa shape index (κ3) is 4.13. The molecule has 2 rings (SSSR count). The molecule has 3 nitrogen and oxygen atoms in total. The van der Waals surface area contributed by atoms with Gasteiger partial charge in [-0.1, -0.05) is 45.2 Å². The minimum Gasteiger partial charge on any atom is -0.479 e. The fraction of sp³-hybridized carbons (Fsp3) is 0.0714. The molecule has 0 bridgehead atoms. The predicted molar refractivity (Wildman–Crippen MR) is 92.3 cm³/mol. The number of anilines is 1. The van der Waals surface area contributed by atoms with Crippen molar-refractivity contribution in [3.8, 4) is 0 Å². The third-order valence-corrected chi connectivity index (χ3v) is 4.89. The fourth-order valence-corrected chi connectivity index (χ4v) is 3.17. The monoisotopic (exact) mass is 451 g/mol. The van der Waals surface area contributed by atoms with E-state index in [0.717, 1.165) is 0 Å². The number of benzene rings is 2. The van der Waals surface area contributed by atoms with Crippen LogP contribution in [0.25, 0.3) is 0 Å². The number of carboxylic acids is 1. The van der Waals surface area contributed by atoms with Gasteiger partial charge in [0.15, 0.2) is 6.04 Å². The molecule has 1 unspecified atom stereocenters. The summed E-state index contributed by atoms with van der Waals surface area (Å²) in [5.74, 6) is -0.996. The summed E-state index contributed by atoms with van der Waals surface area (Å²) >= 11 is 18.5. The van der Waals surface area contributed by atoms with Crippen LogP contribution in [0.3, 0.4) is 0 Å². The molecule has 0 heterocycles. The Labute approximate surface area is 148 Å². The molecule has 0 fully saturated rings. The van der Waals surface area contributed by atoms with Crippen LogP contribution in [0.15, 0.2) is 45.3 Å². The van der Waals surface area contributed by atoms with Crippen molar-refractivity contribution in [2.45, 2.75) is 6.04 Å². The Morgan fingerprint density at radius 1 is 1.10 bits per heavy atom. The van der Waals surface area contributed by atoms with Crippen LogP contribution < -0.4 is 5.32 Å². The highest BCUT2D eigenvalue weighted by atomic mass is 79.9. The molecule has 21 heavy (non-hydrogen) atoms. The maximum Gasteiger partial charge on any atom is 0.330 e. The lowest BCUT2D eigenvalue weighted by atomic mass is 10.1. The van der Waals surface area contributed by atoms with Crippen molar-refractivity contribution in [2.75, 3.05) is 5.32 Å². The van der Waals surface area contributed by atoms with Crippen LogP contribution in [0, 0.1) is 0 Å². The molecule has 0 aliphatic heterocycles. The van der Waals surface area contributed by atoms with E-state index in [1.165, 1.54) is 0 Å². The van der Waals surface area contributed by atoms with Crippen molar-refractivity contribution in [3.05, 3.63) is 61.0 Å². The number of carboxylic acid groups (broad SMARTS) is 1. The summed E-state index contributed by atoms with van der Waals surface area (Å²) < 4.78 is 1.32. The third-order valence-electron chi connectivity index (χ3n) is 2.75. The maximum atomic E-state index is 11.5. The molecule has 7 heteroatoms. The molecule has 110 valence electrons. The first-order valence-electron chi connectivity index (χ1n) is 5.78. The van der Waals surface area contributed by atoms with Gasteiger partial charge in [-0.2, -0.15) is 0 Å². The lowest BCUT2D eigenvalue weighted by Crippen LogP contribution is -2.21. The first-order valence-corrected chi connectivity index (χ1v) is 8.12. The zero-order valence-corrected chi connectivity index (χ0v) is 15.1. The summed E-state index contributed by atoms with van der Waals surface area (Å²) in [6, 6.07) is 9.19. The minimum atomic E-state index is -0.996. The van der Waals surface area contributed by atoms with Gasteiger partial charge in [0, 0.05) is 19.7 Å². The number of nitrogens with one attached hydrogen (secondary N) is 1. The van der Waals surface area contributed by atoms with Crippen LogP contribution in [0.2, 0.25) is 10.0 Å². The number of carbonyl (C=O) groups is 1. The van der Waals surface area contributed by atoms with Gasteiger partial charge in [0.2, 0.25) is 0 Å². The summed E-state index contributed by atoms with van der Waals surface area (Å²) in [6.07, 6.45) is 0. The van der Waals surface area contributed by atoms with E-state index in [9.17, 15) is 9.90 Å². The van der Waals surface area contributed by atoms with Crippen molar-refractivity contribution < 1.29 is 9.90 Å². The normalized spacial score (nSPS) is 12.0. The average molecular weight is 454 g/mol. The Morgan fingerprint density at radius 3 is 2.38 bits per heavy atom. The summed E-state index contributed by atoms with van der Waals surface area (Å²) in [7, 11) is 0. The van der Waals surface area contributed by atoms with Crippen LogP contribution >= 0.6 is 55.1 Å². The maximum absolute atomic E-state index is 11.5. The molecule has 0 aromatic heterocycles. The van der Waals surface area contributed by atoms with Crippen molar-refractivity contribution >= 4 is 66.7 Å². The van der Waals surface area contributed by atoms with Crippen LogP contribution in [-0.2, 0) is 4.79 Å². The number of rotatable bonds is 4. The number of hydrogen-bond acceptors (Lipinski definition) is 2. The van der Waals surface area contributed by atoms with E-state index >= 15 is 0 Å². The molecular weight excluding hydrogens is 445 g/mol. The van der Waals surface area contributed by atoms with Gasteiger partial charge >= 0.3 is 5.97 Å². The first-order chi connectivity index (χ1) is 9.88. The highest BCUT2D eigenvalue weighted by Crippen LogP contribution is 2.31. The number of halogens is 4. The Morgan fingerprint density at radius 2 is 1.81 bits per heavy atom. The van der Waals surface area contributed by atoms with Gasteiger partial charge in [-0.25, -0.2) is 4.79 Å². The SMILES string of the molecule is O=C(O)C(Nc1ccc(Cl)c(Br)c1)c1ccc(Cl)cc1Br. The molecule has 0 saturated carbocycles. The topological polar surface area (TPSA) is 49.3 Å².